The lowest BCUT2D eigenvalue weighted by Crippen LogP contribution is -2.41. The molecule has 1 atom stereocenters. The molecule has 1 saturated carbocycles. The number of hydrogen-bond acceptors (Lipinski definition) is 3. The standard InChI is InChI=1S/C16H19FN2S/c1-10-9-20-16(18-10)11(2)19-13-7-12(8-13)14-5-3-4-6-15(14)17/h3-6,9,11-13,19H,7-8H2,1-2H3. The third-order valence-corrected chi connectivity index (χ3v) is 5.12. The molecule has 1 N–H and O–H groups in total. The van der Waals surface area contributed by atoms with Gasteiger partial charge in [-0.25, -0.2) is 9.37 Å². The summed E-state index contributed by atoms with van der Waals surface area (Å²) in [6.07, 6.45) is 2.02. The van der Waals surface area contributed by atoms with Crippen LogP contribution in [0.5, 0.6) is 0 Å². The number of aryl methyl sites for hydroxylation is 1. The fourth-order valence-corrected chi connectivity index (χ4v) is 3.62. The van der Waals surface area contributed by atoms with Crippen molar-refractivity contribution >= 4 is 11.3 Å². The Morgan fingerprint density at radius 1 is 1.35 bits per heavy atom. The summed E-state index contributed by atoms with van der Waals surface area (Å²) in [7, 11) is 0. The van der Waals surface area contributed by atoms with E-state index in [1.165, 1.54) is 0 Å². The van der Waals surface area contributed by atoms with Crippen molar-refractivity contribution in [1.29, 1.82) is 0 Å². The zero-order chi connectivity index (χ0) is 14.1. The maximum atomic E-state index is 13.7. The Bertz CT molecular complexity index is 590. The smallest absolute Gasteiger partial charge is 0.126 e. The molecule has 1 aromatic carbocycles. The molecule has 0 amide bonds. The van der Waals surface area contributed by atoms with E-state index in [0.29, 0.717) is 12.0 Å². The van der Waals surface area contributed by atoms with E-state index >= 15 is 0 Å². The normalized spacial score (nSPS) is 23.4. The van der Waals surface area contributed by atoms with Crippen LogP contribution in [0.15, 0.2) is 29.6 Å². The minimum absolute atomic E-state index is 0.0699. The van der Waals surface area contributed by atoms with Crippen LogP contribution in [0.25, 0.3) is 0 Å². The predicted molar refractivity (Wildman–Crippen MR) is 80.6 cm³/mol. The van der Waals surface area contributed by atoms with Gasteiger partial charge in [-0.15, -0.1) is 11.3 Å². The molecule has 1 fully saturated rings. The van der Waals surface area contributed by atoms with Crippen LogP contribution in [-0.2, 0) is 0 Å². The van der Waals surface area contributed by atoms with Crippen LogP contribution >= 0.6 is 11.3 Å². The van der Waals surface area contributed by atoms with Gasteiger partial charge in [0.05, 0.1) is 6.04 Å². The zero-order valence-electron chi connectivity index (χ0n) is 11.8. The van der Waals surface area contributed by atoms with Crippen molar-refractivity contribution in [2.24, 2.45) is 0 Å². The molecule has 0 radical (unpaired) electrons. The molecule has 1 aromatic heterocycles. The summed E-state index contributed by atoms with van der Waals surface area (Å²) in [6.45, 7) is 4.17. The molecule has 3 rings (SSSR count). The van der Waals surface area contributed by atoms with Gasteiger partial charge in [-0.2, -0.15) is 0 Å². The average Bonchev–Trinajstić information content (AvgIpc) is 2.81. The van der Waals surface area contributed by atoms with E-state index in [0.717, 1.165) is 29.1 Å². The first kappa shape index (κ1) is 13.7. The Kier molecular flexibility index (Phi) is 3.85. The molecule has 0 bridgehead atoms. The highest BCUT2D eigenvalue weighted by Gasteiger charge is 2.32. The van der Waals surface area contributed by atoms with Gasteiger partial charge in [-0.3, -0.25) is 0 Å². The lowest BCUT2D eigenvalue weighted by atomic mass is 9.75. The van der Waals surface area contributed by atoms with E-state index in [1.54, 1.807) is 23.5 Å². The Balaban J connectivity index is 1.55. The Labute approximate surface area is 123 Å². The second-order valence-corrected chi connectivity index (χ2v) is 6.49. The van der Waals surface area contributed by atoms with Gasteiger partial charge in [-0.05, 0) is 44.2 Å². The van der Waals surface area contributed by atoms with Gasteiger partial charge in [0.2, 0.25) is 0 Å². The van der Waals surface area contributed by atoms with Crippen LogP contribution in [-0.4, -0.2) is 11.0 Å². The zero-order valence-corrected chi connectivity index (χ0v) is 12.6. The first-order valence-corrected chi connectivity index (χ1v) is 7.94. The van der Waals surface area contributed by atoms with Gasteiger partial charge in [-0.1, -0.05) is 18.2 Å². The highest BCUT2D eigenvalue weighted by atomic mass is 32.1. The molecule has 2 nitrogen and oxygen atoms in total. The highest BCUT2D eigenvalue weighted by Crippen LogP contribution is 2.39. The average molecular weight is 290 g/mol. The number of nitrogens with one attached hydrogen (secondary N) is 1. The van der Waals surface area contributed by atoms with Gasteiger partial charge in [0, 0.05) is 17.1 Å². The first-order chi connectivity index (χ1) is 9.63. The summed E-state index contributed by atoms with van der Waals surface area (Å²) in [5.41, 5.74) is 1.94. The summed E-state index contributed by atoms with van der Waals surface area (Å²) in [6, 6.07) is 7.88. The molecule has 2 aromatic rings. The molecule has 1 unspecified atom stereocenters. The number of aromatic nitrogens is 1. The molecular formula is C16H19FN2S. The topological polar surface area (TPSA) is 24.9 Å². The summed E-state index contributed by atoms with van der Waals surface area (Å²) >= 11 is 1.70. The second kappa shape index (κ2) is 5.62. The molecular weight excluding hydrogens is 271 g/mol. The molecule has 106 valence electrons. The van der Waals surface area contributed by atoms with Crippen LogP contribution in [0.3, 0.4) is 0 Å². The van der Waals surface area contributed by atoms with Crippen molar-refractivity contribution in [2.45, 2.75) is 44.7 Å². The maximum Gasteiger partial charge on any atom is 0.126 e. The second-order valence-electron chi connectivity index (χ2n) is 5.60. The van der Waals surface area contributed by atoms with E-state index in [-0.39, 0.29) is 11.9 Å². The number of hydrogen-bond donors (Lipinski definition) is 1. The third-order valence-electron chi connectivity index (χ3n) is 3.98. The molecule has 4 heteroatoms. The Morgan fingerprint density at radius 3 is 2.75 bits per heavy atom. The van der Waals surface area contributed by atoms with Gasteiger partial charge in [0.1, 0.15) is 10.8 Å². The van der Waals surface area contributed by atoms with Crippen molar-refractivity contribution in [1.82, 2.24) is 10.3 Å². The van der Waals surface area contributed by atoms with E-state index < -0.39 is 0 Å². The maximum absolute atomic E-state index is 13.7. The van der Waals surface area contributed by atoms with E-state index in [1.807, 2.05) is 19.1 Å². The van der Waals surface area contributed by atoms with Crippen LogP contribution in [0.1, 0.15) is 48.0 Å². The van der Waals surface area contributed by atoms with Crippen molar-refractivity contribution in [3.63, 3.8) is 0 Å². The molecule has 20 heavy (non-hydrogen) atoms. The summed E-state index contributed by atoms with van der Waals surface area (Å²) in [4.78, 5) is 4.51. The SMILES string of the molecule is Cc1csc(C(C)NC2CC(c3ccccc3F)C2)n1. The van der Waals surface area contributed by atoms with E-state index in [2.05, 4.69) is 22.6 Å². The molecule has 1 aliphatic carbocycles. The fourth-order valence-electron chi connectivity index (χ4n) is 2.81. The number of thiazole rings is 1. The van der Waals surface area contributed by atoms with E-state index in [4.69, 9.17) is 0 Å². The molecule has 1 heterocycles. The number of nitrogens with zero attached hydrogens (tertiary/aromatic N) is 1. The van der Waals surface area contributed by atoms with Crippen LogP contribution in [0.2, 0.25) is 0 Å². The minimum atomic E-state index is -0.0699. The number of benzene rings is 1. The van der Waals surface area contributed by atoms with Crippen LogP contribution in [0, 0.1) is 12.7 Å². The number of rotatable bonds is 4. The minimum Gasteiger partial charge on any atom is -0.305 e. The number of halogens is 1. The lowest BCUT2D eigenvalue weighted by Gasteiger charge is -2.38. The van der Waals surface area contributed by atoms with E-state index in [9.17, 15) is 4.39 Å². The molecule has 0 saturated heterocycles. The van der Waals surface area contributed by atoms with Gasteiger partial charge in [0.25, 0.3) is 0 Å². The van der Waals surface area contributed by atoms with Crippen molar-refractivity contribution in [2.75, 3.05) is 0 Å². The highest BCUT2D eigenvalue weighted by molar-refractivity contribution is 7.09. The van der Waals surface area contributed by atoms with Crippen LogP contribution in [0.4, 0.5) is 4.39 Å². The molecule has 0 spiro atoms. The first-order valence-electron chi connectivity index (χ1n) is 7.06. The monoisotopic (exact) mass is 290 g/mol. The Morgan fingerprint density at radius 2 is 2.10 bits per heavy atom. The van der Waals surface area contributed by atoms with Crippen LogP contribution < -0.4 is 5.32 Å². The summed E-state index contributed by atoms with van der Waals surface area (Å²) < 4.78 is 13.7. The fraction of sp³-hybridized carbons (Fsp3) is 0.438. The van der Waals surface area contributed by atoms with Gasteiger partial charge in [0.15, 0.2) is 0 Å². The quantitative estimate of drug-likeness (QED) is 0.913. The third kappa shape index (κ3) is 2.76. The Hall–Kier alpha value is -1.26. The summed E-state index contributed by atoms with van der Waals surface area (Å²) in [5, 5.41) is 6.81. The largest absolute Gasteiger partial charge is 0.305 e. The molecule has 1 aliphatic rings. The molecule has 0 aliphatic heterocycles. The van der Waals surface area contributed by atoms with Crippen molar-refractivity contribution < 1.29 is 4.39 Å². The van der Waals surface area contributed by atoms with Crippen molar-refractivity contribution in [3.05, 3.63) is 51.7 Å². The lowest BCUT2D eigenvalue weighted by molar-refractivity contribution is 0.266. The van der Waals surface area contributed by atoms with Crippen molar-refractivity contribution in [3.8, 4) is 0 Å². The van der Waals surface area contributed by atoms with Gasteiger partial charge >= 0.3 is 0 Å². The predicted octanol–water partition coefficient (Wildman–Crippen LogP) is 4.19. The van der Waals surface area contributed by atoms with Gasteiger partial charge < -0.3 is 5.32 Å². The summed E-state index contributed by atoms with van der Waals surface area (Å²) in [5.74, 6) is 0.290.